The molecular weight excluding hydrogens is 264 g/mol. The predicted octanol–water partition coefficient (Wildman–Crippen LogP) is 1.19. The molecule has 5 heteroatoms. The number of aryl methyl sites for hydroxylation is 1. The number of fused-ring (bicyclic) bond motifs is 1. The van der Waals surface area contributed by atoms with E-state index in [1.807, 2.05) is 18.5 Å². The van der Waals surface area contributed by atoms with Crippen LogP contribution in [0.1, 0.15) is 24.1 Å². The third kappa shape index (κ3) is 3.43. The van der Waals surface area contributed by atoms with Crippen molar-refractivity contribution in [1.29, 1.82) is 0 Å². The lowest BCUT2D eigenvalue weighted by Gasteiger charge is -2.19. The largest absolute Gasteiger partial charge is 0.390 e. The Balaban J connectivity index is 1.51. The molecule has 114 valence electrons. The highest BCUT2D eigenvalue weighted by molar-refractivity contribution is 5.48. The van der Waals surface area contributed by atoms with Gasteiger partial charge in [0.1, 0.15) is 5.65 Å². The molecule has 21 heavy (non-hydrogen) atoms. The summed E-state index contributed by atoms with van der Waals surface area (Å²) in [6.45, 7) is 6.45. The van der Waals surface area contributed by atoms with Gasteiger partial charge in [0.05, 0.1) is 18.0 Å². The minimum atomic E-state index is -0.302. The first-order valence-corrected chi connectivity index (χ1v) is 7.77. The lowest BCUT2D eigenvalue weighted by molar-refractivity contribution is 0.123. The number of aliphatic hydroxyl groups excluding tert-OH is 1. The quantitative estimate of drug-likeness (QED) is 0.838. The topological polar surface area (TPSA) is 52.8 Å². The van der Waals surface area contributed by atoms with Gasteiger partial charge in [-0.05, 0) is 44.5 Å². The van der Waals surface area contributed by atoms with Crippen LogP contribution in [-0.2, 0) is 6.54 Å². The molecule has 2 aromatic rings. The molecule has 3 rings (SSSR count). The van der Waals surface area contributed by atoms with Crippen LogP contribution >= 0.6 is 0 Å². The lowest BCUT2D eigenvalue weighted by Crippen LogP contribution is -2.36. The van der Waals surface area contributed by atoms with Crippen molar-refractivity contribution < 1.29 is 5.11 Å². The van der Waals surface area contributed by atoms with Gasteiger partial charge in [0.2, 0.25) is 0 Å². The Labute approximate surface area is 125 Å². The molecule has 1 fully saturated rings. The Morgan fingerprint density at radius 2 is 2.19 bits per heavy atom. The molecule has 1 unspecified atom stereocenters. The van der Waals surface area contributed by atoms with E-state index in [0.717, 1.165) is 37.5 Å². The zero-order chi connectivity index (χ0) is 14.7. The number of β-amino-alcohol motifs (C(OH)–C–C–N with tert-alkyl or cyclic N) is 1. The number of hydrogen-bond acceptors (Lipinski definition) is 4. The van der Waals surface area contributed by atoms with Gasteiger partial charge < -0.3 is 19.7 Å². The van der Waals surface area contributed by atoms with Crippen LogP contribution < -0.4 is 5.32 Å². The van der Waals surface area contributed by atoms with Gasteiger partial charge in [-0.3, -0.25) is 0 Å². The first-order valence-electron chi connectivity index (χ1n) is 7.77. The molecule has 2 aromatic heterocycles. The second kappa shape index (κ2) is 6.56. The van der Waals surface area contributed by atoms with Crippen LogP contribution in [0.2, 0.25) is 0 Å². The number of imidazole rings is 1. The fourth-order valence-corrected chi connectivity index (χ4v) is 3.03. The summed E-state index contributed by atoms with van der Waals surface area (Å²) in [6, 6.07) is 4.11. The Morgan fingerprint density at radius 1 is 1.38 bits per heavy atom. The van der Waals surface area contributed by atoms with Gasteiger partial charge in [-0.15, -0.1) is 0 Å². The molecule has 1 saturated heterocycles. The van der Waals surface area contributed by atoms with Crippen LogP contribution in [0.25, 0.3) is 5.65 Å². The van der Waals surface area contributed by atoms with Crippen molar-refractivity contribution in [2.45, 2.75) is 32.4 Å². The molecule has 2 N–H and O–H groups in total. The highest BCUT2D eigenvalue weighted by Crippen LogP contribution is 2.11. The maximum atomic E-state index is 10.1. The van der Waals surface area contributed by atoms with E-state index >= 15 is 0 Å². The monoisotopic (exact) mass is 288 g/mol. The normalized spacial score (nSPS) is 17.6. The van der Waals surface area contributed by atoms with Gasteiger partial charge in [0, 0.05) is 25.8 Å². The van der Waals surface area contributed by atoms with E-state index in [1.54, 1.807) is 0 Å². The molecule has 0 saturated carbocycles. The maximum Gasteiger partial charge on any atom is 0.139 e. The van der Waals surface area contributed by atoms with Gasteiger partial charge >= 0.3 is 0 Å². The van der Waals surface area contributed by atoms with Crippen molar-refractivity contribution in [2.24, 2.45) is 0 Å². The second-order valence-electron chi connectivity index (χ2n) is 5.93. The van der Waals surface area contributed by atoms with E-state index in [1.165, 1.54) is 18.4 Å². The number of nitrogens with one attached hydrogen (secondary N) is 1. The number of rotatable bonds is 6. The summed E-state index contributed by atoms with van der Waals surface area (Å²) in [5, 5.41) is 13.4. The fraction of sp³-hybridized carbons (Fsp3) is 0.562. The standard InChI is InChI=1S/C16H24N4O/c1-13-5-4-8-20-14(10-18-16(13)20)9-17-11-15(21)12-19-6-2-3-7-19/h4-5,8,10,15,17,21H,2-3,6-7,9,11-12H2,1H3. The number of aromatic nitrogens is 2. The van der Waals surface area contributed by atoms with Crippen molar-refractivity contribution in [3.05, 3.63) is 35.8 Å². The summed E-state index contributed by atoms with van der Waals surface area (Å²) < 4.78 is 2.11. The molecule has 1 atom stereocenters. The first-order chi connectivity index (χ1) is 10.2. The molecule has 0 amide bonds. The van der Waals surface area contributed by atoms with Gasteiger partial charge in [-0.1, -0.05) is 6.07 Å². The van der Waals surface area contributed by atoms with Crippen LogP contribution in [0.4, 0.5) is 0 Å². The van der Waals surface area contributed by atoms with E-state index < -0.39 is 0 Å². The number of aliphatic hydroxyl groups is 1. The van der Waals surface area contributed by atoms with Crippen LogP contribution in [0.3, 0.4) is 0 Å². The third-order valence-electron chi connectivity index (χ3n) is 4.16. The van der Waals surface area contributed by atoms with Gasteiger partial charge in [-0.25, -0.2) is 4.98 Å². The molecule has 0 bridgehead atoms. The highest BCUT2D eigenvalue weighted by Gasteiger charge is 2.15. The molecular formula is C16H24N4O. The lowest BCUT2D eigenvalue weighted by atomic mass is 10.3. The molecule has 0 aromatic carbocycles. The Morgan fingerprint density at radius 3 is 3.00 bits per heavy atom. The smallest absolute Gasteiger partial charge is 0.139 e. The van der Waals surface area contributed by atoms with Gasteiger partial charge in [0.25, 0.3) is 0 Å². The summed E-state index contributed by atoms with van der Waals surface area (Å²) in [6.07, 6.45) is 6.17. The van der Waals surface area contributed by atoms with E-state index in [4.69, 9.17) is 0 Å². The predicted molar refractivity (Wildman–Crippen MR) is 83.3 cm³/mol. The average molecular weight is 288 g/mol. The molecule has 0 radical (unpaired) electrons. The van der Waals surface area contributed by atoms with Crippen LogP contribution in [0.15, 0.2) is 24.5 Å². The van der Waals surface area contributed by atoms with Crippen molar-refractivity contribution in [1.82, 2.24) is 19.6 Å². The van der Waals surface area contributed by atoms with Crippen molar-refractivity contribution >= 4 is 5.65 Å². The Kier molecular flexibility index (Phi) is 4.53. The zero-order valence-electron chi connectivity index (χ0n) is 12.6. The Hall–Kier alpha value is -1.43. The molecule has 5 nitrogen and oxygen atoms in total. The molecule has 0 aliphatic carbocycles. The number of hydrogen-bond donors (Lipinski definition) is 2. The molecule has 1 aliphatic heterocycles. The third-order valence-corrected chi connectivity index (χ3v) is 4.16. The van der Waals surface area contributed by atoms with Crippen molar-refractivity contribution in [3.8, 4) is 0 Å². The summed E-state index contributed by atoms with van der Waals surface area (Å²) in [4.78, 5) is 6.79. The Bertz CT molecular complexity index is 589. The number of nitrogens with zero attached hydrogens (tertiary/aromatic N) is 3. The summed E-state index contributed by atoms with van der Waals surface area (Å²) in [5.74, 6) is 0. The van der Waals surface area contributed by atoms with Crippen LogP contribution in [0.5, 0.6) is 0 Å². The summed E-state index contributed by atoms with van der Waals surface area (Å²) in [7, 11) is 0. The zero-order valence-corrected chi connectivity index (χ0v) is 12.6. The van der Waals surface area contributed by atoms with E-state index in [2.05, 4.69) is 32.6 Å². The molecule has 1 aliphatic rings. The van der Waals surface area contributed by atoms with Gasteiger partial charge in [0.15, 0.2) is 0 Å². The van der Waals surface area contributed by atoms with Crippen molar-refractivity contribution in [2.75, 3.05) is 26.2 Å². The summed E-state index contributed by atoms with van der Waals surface area (Å²) >= 11 is 0. The average Bonchev–Trinajstić information content (AvgIpc) is 3.10. The second-order valence-corrected chi connectivity index (χ2v) is 5.93. The van der Waals surface area contributed by atoms with Crippen LogP contribution in [-0.4, -0.2) is 51.7 Å². The minimum absolute atomic E-state index is 0.302. The van der Waals surface area contributed by atoms with E-state index in [-0.39, 0.29) is 6.10 Å². The van der Waals surface area contributed by atoms with Gasteiger partial charge in [-0.2, -0.15) is 0 Å². The minimum Gasteiger partial charge on any atom is -0.390 e. The fourth-order valence-electron chi connectivity index (χ4n) is 3.03. The van der Waals surface area contributed by atoms with Crippen molar-refractivity contribution in [3.63, 3.8) is 0 Å². The van der Waals surface area contributed by atoms with E-state index in [0.29, 0.717) is 6.54 Å². The highest BCUT2D eigenvalue weighted by atomic mass is 16.3. The number of likely N-dealkylation sites (tertiary alicyclic amines) is 1. The molecule has 0 spiro atoms. The van der Waals surface area contributed by atoms with Crippen LogP contribution in [0, 0.1) is 6.92 Å². The SMILES string of the molecule is Cc1cccn2c(CNCC(O)CN3CCCC3)cnc12. The number of pyridine rings is 1. The molecule has 3 heterocycles. The maximum absolute atomic E-state index is 10.1. The van der Waals surface area contributed by atoms with E-state index in [9.17, 15) is 5.11 Å². The summed E-state index contributed by atoms with van der Waals surface area (Å²) in [5.41, 5.74) is 3.31. The first kappa shape index (κ1) is 14.5.